The summed E-state index contributed by atoms with van der Waals surface area (Å²) < 4.78 is 13.9. The number of carbonyl (C=O) groups excluding carboxylic acids is 1. The molecule has 0 unspecified atom stereocenters. The van der Waals surface area contributed by atoms with E-state index in [1.54, 1.807) is 6.20 Å². The first kappa shape index (κ1) is 17.1. The molecule has 2 aromatic heterocycles. The van der Waals surface area contributed by atoms with Gasteiger partial charge in [-0.05, 0) is 31.0 Å². The summed E-state index contributed by atoms with van der Waals surface area (Å²) in [5.41, 5.74) is 1.13. The molecule has 1 saturated carbocycles. The van der Waals surface area contributed by atoms with E-state index in [1.165, 1.54) is 12.8 Å². The summed E-state index contributed by atoms with van der Waals surface area (Å²) in [4.78, 5) is 18.7. The van der Waals surface area contributed by atoms with Crippen LogP contribution in [0.25, 0.3) is 0 Å². The van der Waals surface area contributed by atoms with Gasteiger partial charge in [0.2, 0.25) is 11.8 Å². The smallest absolute Gasteiger partial charge is 0.249 e. The van der Waals surface area contributed by atoms with Crippen molar-refractivity contribution in [3.8, 4) is 5.88 Å². The second-order valence-corrected chi connectivity index (χ2v) is 7.03. The fraction of sp³-hybridized carbons (Fsp3) is 0.500. The number of nitrogens with zero attached hydrogens (tertiary/aromatic N) is 3. The van der Waals surface area contributed by atoms with Crippen LogP contribution in [0.5, 0.6) is 5.88 Å². The summed E-state index contributed by atoms with van der Waals surface area (Å²) in [6.45, 7) is 1.91. The summed E-state index contributed by atoms with van der Waals surface area (Å²) in [6, 6.07) is 9.77. The van der Waals surface area contributed by atoms with Gasteiger partial charge >= 0.3 is 0 Å². The molecule has 2 aromatic rings. The topological polar surface area (TPSA) is 56.6 Å². The number of ether oxygens (including phenoxy) is 2. The van der Waals surface area contributed by atoms with Crippen LogP contribution in [0, 0.1) is 0 Å². The summed E-state index contributed by atoms with van der Waals surface area (Å²) in [7, 11) is 0. The van der Waals surface area contributed by atoms with E-state index >= 15 is 0 Å². The number of carbonyl (C=O) groups is 1. The Labute approximate surface area is 153 Å². The number of hydrogen-bond acceptors (Lipinski definition) is 4. The van der Waals surface area contributed by atoms with Crippen molar-refractivity contribution in [2.75, 3.05) is 19.8 Å². The second-order valence-electron chi connectivity index (χ2n) is 7.03. The zero-order valence-electron chi connectivity index (χ0n) is 14.9. The Kier molecular flexibility index (Phi) is 5.20. The van der Waals surface area contributed by atoms with E-state index < -0.39 is 0 Å². The van der Waals surface area contributed by atoms with Gasteiger partial charge in [0, 0.05) is 30.7 Å². The maximum atomic E-state index is 12.6. The van der Waals surface area contributed by atoms with Gasteiger partial charge in [0.15, 0.2) is 0 Å². The number of fused-ring (bicyclic) bond motifs is 1. The highest BCUT2D eigenvalue weighted by atomic mass is 16.5. The van der Waals surface area contributed by atoms with Gasteiger partial charge in [-0.1, -0.05) is 18.9 Å². The molecule has 0 aromatic carbocycles. The molecule has 26 heavy (non-hydrogen) atoms. The van der Waals surface area contributed by atoms with Crippen molar-refractivity contribution >= 4 is 5.91 Å². The quantitative estimate of drug-likeness (QED) is 0.800. The van der Waals surface area contributed by atoms with Crippen LogP contribution in [0.2, 0.25) is 0 Å². The number of amides is 1. The van der Waals surface area contributed by atoms with Gasteiger partial charge in [-0.2, -0.15) is 0 Å². The highest BCUT2D eigenvalue weighted by Crippen LogP contribution is 2.24. The SMILES string of the molecule is O=C(COC1CCCC1)N1Cc2cccn2[C@H](COc2ccccn2)C1. The molecule has 4 rings (SSSR count). The van der Waals surface area contributed by atoms with E-state index in [-0.39, 0.29) is 24.7 Å². The molecule has 138 valence electrons. The first-order valence-electron chi connectivity index (χ1n) is 9.38. The summed E-state index contributed by atoms with van der Waals surface area (Å²) >= 11 is 0. The molecular weight excluding hydrogens is 330 g/mol. The molecule has 1 amide bonds. The van der Waals surface area contributed by atoms with Crippen molar-refractivity contribution in [2.24, 2.45) is 0 Å². The Balaban J connectivity index is 1.38. The lowest BCUT2D eigenvalue weighted by Crippen LogP contribution is -2.44. The van der Waals surface area contributed by atoms with Gasteiger partial charge < -0.3 is 18.9 Å². The molecule has 6 heteroatoms. The molecule has 2 aliphatic rings. The molecule has 0 saturated heterocycles. The summed E-state index contributed by atoms with van der Waals surface area (Å²) in [6.07, 6.45) is 8.61. The number of pyridine rings is 1. The van der Waals surface area contributed by atoms with Gasteiger partial charge in [-0.25, -0.2) is 4.98 Å². The summed E-state index contributed by atoms with van der Waals surface area (Å²) in [5.74, 6) is 0.668. The van der Waals surface area contributed by atoms with Crippen molar-refractivity contribution in [1.82, 2.24) is 14.5 Å². The fourth-order valence-corrected chi connectivity index (χ4v) is 3.79. The average Bonchev–Trinajstić information content (AvgIpc) is 3.36. The first-order valence-corrected chi connectivity index (χ1v) is 9.38. The minimum atomic E-state index is 0.0622. The average molecular weight is 355 g/mol. The van der Waals surface area contributed by atoms with Crippen LogP contribution in [-0.4, -0.2) is 46.2 Å². The number of hydrogen-bond donors (Lipinski definition) is 0. The lowest BCUT2D eigenvalue weighted by atomic mass is 10.2. The molecular formula is C20H25N3O3. The van der Waals surface area contributed by atoms with Crippen LogP contribution in [0.4, 0.5) is 0 Å². The second kappa shape index (κ2) is 7.91. The highest BCUT2D eigenvalue weighted by Gasteiger charge is 2.28. The van der Waals surface area contributed by atoms with E-state index in [0.29, 0.717) is 25.6 Å². The molecule has 1 atom stereocenters. The Bertz CT molecular complexity index is 725. The molecule has 3 heterocycles. The summed E-state index contributed by atoms with van der Waals surface area (Å²) in [5, 5.41) is 0. The van der Waals surface area contributed by atoms with Gasteiger partial charge in [0.25, 0.3) is 0 Å². The predicted molar refractivity (Wildman–Crippen MR) is 96.8 cm³/mol. The Hall–Kier alpha value is -2.34. The van der Waals surface area contributed by atoms with Gasteiger partial charge in [-0.3, -0.25) is 4.79 Å². The van der Waals surface area contributed by atoms with Gasteiger partial charge in [0.1, 0.15) is 13.2 Å². The van der Waals surface area contributed by atoms with Gasteiger partial charge in [-0.15, -0.1) is 0 Å². The van der Waals surface area contributed by atoms with Crippen molar-refractivity contribution in [3.05, 3.63) is 48.4 Å². The lowest BCUT2D eigenvalue weighted by molar-refractivity contribution is -0.140. The van der Waals surface area contributed by atoms with Crippen molar-refractivity contribution < 1.29 is 14.3 Å². The number of aromatic nitrogens is 2. The monoisotopic (exact) mass is 355 g/mol. The third-order valence-electron chi connectivity index (χ3n) is 5.20. The first-order chi connectivity index (χ1) is 12.8. The molecule has 1 aliphatic carbocycles. The van der Waals surface area contributed by atoms with Gasteiger partial charge in [0.05, 0.1) is 18.7 Å². The van der Waals surface area contributed by atoms with Crippen molar-refractivity contribution in [3.63, 3.8) is 0 Å². The third-order valence-corrected chi connectivity index (χ3v) is 5.20. The number of rotatable bonds is 6. The van der Waals surface area contributed by atoms with Crippen LogP contribution in [0.1, 0.15) is 37.4 Å². The van der Waals surface area contributed by atoms with Crippen LogP contribution < -0.4 is 4.74 Å². The normalized spacial score (nSPS) is 20.2. The van der Waals surface area contributed by atoms with E-state index in [9.17, 15) is 4.79 Å². The van der Waals surface area contributed by atoms with Crippen LogP contribution in [0.3, 0.4) is 0 Å². The molecule has 1 fully saturated rings. The Morgan fingerprint density at radius 3 is 2.88 bits per heavy atom. The van der Waals surface area contributed by atoms with E-state index in [0.717, 1.165) is 18.5 Å². The lowest BCUT2D eigenvalue weighted by Gasteiger charge is -2.35. The Morgan fingerprint density at radius 1 is 1.19 bits per heavy atom. The minimum absolute atomic E-state index is 0.0622. The van der Waals surface area contributed by atoms with Crippen LogP contribution in [-0.2, 0) is 16.1 Å². The largest absolute Gasteiger partial charge is 0.475 e. The zero-order chi connectivity index (χ0) is 17.8. The molecule has 0 N–H and O–H groups in total. The van der Waals surface area contributed by atoms with Crippen molar-refractivity contribution in [2.45, 2.75) is 44.4 Å². The zero-order valence-corrected chi connectivity index (χ0v) is 14.9. The highest BCUT2D eigenvalue weighted by molar-refractivity contribution is 5.77. The third kappa shape index (κ3) is 3.90. The van der Waals surface area contributed by atoms with E-state index in [1.807, 2.05) is 29.2 Å². The molecule has 1 aliphatic heterocycles. The maximum Gasteiger partial charge on any atom is 0.249 e. The van der Waals surface area contributed by atoms with E-state index in [4.69, 9.17) is 9.47 Å². The van der Waals surface area contributed by atoms with Crippen LogP contribution >= 0.6 is 0 Å². The molecule has 0 spiro atoms. The standard InChI is InChI=1S/C20H25N3O3/c24-20(15-25-18-7-1-2-8-18)22-12-16-6-5-11-23(16)17(13-22)14-26-19-9-3-4-10-21-19/h3-6,9-11,17-18H,1-2,7-8,12-15H2/t17-/m0/s1. The molecule has 0 radical (unpaired) electrons. The van der Waals surface area contributed by atoms with E-state index in [2.05, 4.69) is 21.8 Å². The Morgan fingerprint density at radius 2 is 2.08 bits per heavy atom. The fourth-order valence-electron chi connectivity index (χ4n) is 3.79. The maximum absolute atomic E-state index is 12.6. The van der Waals surface area contributed by atoms with Crippen LogP contribution in [0.15, 0.2) is 42.7 Å². The van der Waals surface area contributed by atoms with Crippen molar-refractivity contribution in [1.29, 1.82) is 0 Å². The molecule has 0 bridgehead atoms. The molecule has 6 nitrogen and oxygen atoms in total. The minimum Gasteiger partial charge on any atom is -0.475 e. The predicted octanol–water partition coefficient (Wildman–Crippen LogP) is 2.80.